The molecule has 0 aliphatic carbocycles. The van der Waals surface area contributed by atoms with Crippen LogP contribution in [0, 0.1) is 0 Å². The SMILES string of the molecule is CCCNC(=O)CN=C(NCC)N(C)CCOc1ccc(Cl)cc1.I. The maximum Gasteiger partial charge on any atom is 0.241 e. The summed E-state index contributed by atoms with van der Waals surface area (Å²) < 4.78 is 5.68. The highest BCUT2D eigenvalue weighted by Gasteiger charge is 2.07. The van der Waals surface area contributed by atoms with Crippen molar-refractivity contribution >= 4 is 47.4 Å². The number of rotatable bonds is 9. The van der Waals surface area contributed by atoms with E-state index in [-0.39, 0.29) is 36.4 Å². The van der Waals surface area contributed by atoms with Gasteiger partial charge in [-0.1, -0.05) is 18.5 Å². The number of halogens is 2. The summed E-state index contributed by atoms with van der Waals surface area (Å²) in [6.07, 6.45) is 0.914. The lowest BCUT2D eigenvalue weighted by atomic mass is 10.3. The van der Waals surface area contributed by atoms with Crippen LogP contribution in [0.4, 0.5) is 0 Å². The van der Waals surface area contributed by atoms with Crippen molar-refractivity contribution in [2.24, 2.45) is 4.99 Å². The van der Waals surface area contributed by atoms with Crippen LogP contribution in [-0.4, -0.2) is 56.6 Å². The van der Waals surface area contributed by atoms with Crippen LogP contribution >= 0.6 is 35.6 Å². The van der Waals surface area contributed by atoms with Crippen LogP contribution in [0.15, 0.2) is 29.3 Å². The Kier molecular flexibility index (Phi) is 13.3. The molecule has 0 saturated heterocycles. The minimum absolute atomic E-state index is 0. The molecule has 0 saturated carbocycles. The predicted molar refractivity (Wildman–Crippen MR) is 114 cm³/mol. The molecule has 0 unspecified atom stereocenters. The highest BCUT2D eigenvalue weighted by atomic mass is 127. The van der Waals surface area contributed by atoms with Crippen molar-refractivity contribution in [2.75, 3.05) is 39.8 Å². The van der Waals surface area contributed by atoms with Crippen LogP contribution in [0.2, 0.25) is 5.02 Å². The van der Waals surface area contributed by atoms with E-state index < -0.39 is 0 Å². The first-order chi connectivity index (χ1) is 11.6. The maximum atomic E-state index is 11.7. The molecule has 0 aliphatic rings. The molecule has 0 atom stereocenters. The third kappa shape index (κ3) is 10.4. The Morgan fingerprint density at radius 3 is 2.52 bits per heavy atom. The Bertz CT molecular complexity index is 526. The predicted octanol–water partition coefficient (Wildman–Crippen LogP) is 2.76. The topological polar surface area (TPSA) is 66.0 Å². The first kappa shape index (κ1) is 23.8. The first-order valence-corrected chi connectivity index (χ1v) is 8.59. The summed E-state index contributed by atoms with van der Waals surface area (Å²) in [7, 11) is 1.91. The summed E-state index contributed by atoms with van der Waals surface area (Å²) >= 11 is 5.84. The number of amides is 1. The van der Waals surface area contributed by atoms with Crippen LogP contribution in [-0.2, 0) is 4.79 Å². The fraction of sp³-hybridized carbons (Fsp3) is 0.529. The summed E-state index contributed by atoms with van der Waals surface area (Å²) in [6, 6.07) is 7.25. The van der Waals surface area contributed by atoms with Gasteiger partial charge in [-0.25, -0.2) is 4.99 Å². The summed E-state index contributed by atoms with van der Waals surface area (Å²) in [5.41, 5.74) is 0. The Morgan fingerprint density at radius 2 is 1.92 bits per heavy atom. The number of nitrogens with zero attached hydrogens (tertiary/aromatic N) is 2. The van der Waals surface area contributed by atoms with Crippen molar-refractivity contribution in [2.45, 2.75) is 20.3 Å². The molecule has 6 nitrogen and oxygen atoms in total. The highest BCUT2D eigenvalue weighted by Crippen LogP contribution is 2.15. The van der Waals surface area contributed by atoms with Crippen molar-refractivity contribution in [3.8, 4) is 5.75 Å². The number of hydrogen-bond donors (Lipinski definition) is 2. The third-order valence-corrected chi connectivity index (χ3v) is 3.40. The van der Waals surface area contributed by atoms with E-state index in [0.717, 1.165) is 18.7 Å². The molecule has 142 valence electrons. The molecule has 1 rings (SSSR count). The molecule has 2 N–H and O–H groups in total. The largest absolute Gasteiger partial charge is 0.492 e. The maximum absolute atomic E-state index is 11.7. The van der Waals surface area contributed by atoms with Gasteiger partial charge in [0.05, 0.1) is 6.54 Å². The average molecular weight is 483 g/mol. The van der Waals surface area contributed by atoms with E-state index in [0.29, 0.717) is 30.7 Å². The highest BCUT2D eigenvalue weighted by molar-refractivity contribution is 14.0. The molecule has 0 bridgehead atoms. The number of carbonyl (C=O) groups is 1. The fourth-order valence-electron chi connectivity index (χ4n) is 1.87. The van der Waals surface area contributed by atoms with Gasteiger partial charge in [0, 0.05) is 25.2 Å². The molecule has 25 heavy (non-hydrogen) atoms. The van der Waals surface area contributed by atoms with E-state index in [4.69, 9.17) is 16.3 Å². The monoisotopic (exact) mass is 482 g/mol. The molecule has 0 aromatic heterocycles. The summed E-state index contributed by atoms with van der Waals surface area (Å²) in [5.74, 6) is 1.38. The molecular weight excluding hydrogens is 455 g/mol. The van der Waals surface area contributed by atoms with E-state index >= 15 is 0 Å². The molecular formula is C17H28ClIN4O2. The quantitative estimate of drug-likeness (QED) is 0.323. The zero-order valence-corrected chi connectivity index (χ0v) is 18.1. The average Bonchev–Trinajstić information content (AvgIpc) is 2.58. The lowest BCUT2D eigenvalue weighted by molar-refractivity contribution is -0.119. The lowest BCUT2D eigenvalue weighted by Gasteiger charge is -2.22. The zero-order valence-electron chi connectivity index (χ0n) is 15.0. The molecule has 0 aliphatic heterocycles. The van der Waals surface area contributed by atoms with Gasteiger partial charge in [0.25, 0.3) is 0 Å². The van der Waals surface area contributed by atoms with Crippen LogP contribution < -0.4 is 15.4 Å². The van der Waals surface area contributed by atoms with Gasteiger partial charge < -0.3 is 20.3 Å². The minimum Gasteiger partial charge on any atom is -0.492 e. The van der Waals surface area contributed by atoms with Gasteiger partial charge in [0.2, 0.25) is 5.91 Å². The van der Waals surface area contributed by atoms with Crippen molar-refractivity contribution in [1.82, 2.24) is 15.5 Å². The molecule has 8 heteroatoms. The van der Waals surface area contributed by atoms with Gasteiger partial charge in [-0.2, -0.15) is 0 Å². The Balaban J connectivity index is 0.00000576. The number of carbonyl (C=O) groups excluding carboxylic acids is 1. The van der Waals surface area contributed by atoms with Crippen LogP contribution in [0.25, 0.3) is 0 Å². The molecule has 0 heterocycles. The van der Waals surface area contributed by atoms with Crippen molar-refractivity contribution in [3.05, 3.63) is 29.3 Å². The van der Waals surface area contributed by atoms with Crippen LogP contribution in [0.1, 0.15) is 20.3 Å². The number of nitrogens with one attached hydrogen (secondary N) is 2. The standard InChI is InChI=1S/C17H27ClN4O2.HI/c1-4-10-20-16(23)13-21-17(19-5-2)22(3)11-12-24-15-8-6-14(18)7-9-15;/h6-9H,4-5,10-13H2,1-3H3,(H,19,21)(H,20,23);1H. The van der Waals surface area contributed by atoms with Crippen molar-refractivity contribution < 1.29 is 9.53 Å². The van der Waals surface area contributed by atoms with Crippen LogP contribution in [0.5, 0.6) is 5.75 Å². The Labute approximate surface area is 172 Å². The van der Waals surface area contributed by atoms with Gasteiger partial charge in [0.1, 0.15) is 18.9 Å². The smallest absolute Gasteiger partial charge is 0.241 e. The number of hydrogen-bond acceptors (Lipinski definition) is 3. The first-order valence-electron chi connectivity index (χ1n) is 8.21. The molecule has 0 spiro atoms. The Hall–Kier alpha value is -1.22. The molecule has 1 amide bonds. The van der Waals surface area contributed by atoms with Crippen LogP contribution in [0.3, 0.4) is 0 Å². The zero-order chi connectivity index (χ0) is 17.8. The fourth-order valence-corrected chi connectivity index (χ4v) is 2.00. The lowest BCUT2D eigenvalue weighted by Crippen LogP contribution is -2.41. The second kappa shape index (κ2) is 14.0. The normalized spacial score (nSPS) is 10.6. The van der Waals surface area contributed by atoms with E-state index in [1.807, 2.05) is 37.9 Å². The third-order valence-electron chi connectivity index (χ3n) is 3.15. The second-order valence-electron chi connectivity index (χ2n) is 5.24. The minimum atomic E-state index is -0.0712. The summed E-state index contributed by atoms with van der Waals surface area (Å²) in [5, 5.41) is 6.67. The number of guanidine groups is 1. The molecule has 0 fully saturated rings. The van der Waals surface area contributed by atoms with Gasteiger partial charge >= 0.3 is 0 Å². The van der Waals surface area contributed by atoms with Crippen molar-refractivity contribution in [3.63, 3.8) is 0 Å². The van der Waals surface area contributed by atoms with Gasteiger partial charge in [-0.05, 0) is 37.6 Å². The summed E-state index contributed by atoms with van der Waals surface area (Å²) in [4.78, 5) is 17.9. The Morgan fingerprint density at radius 1 is 1.24 bits per heavy atom. The van der Waals surface area contributed by atoms with Crippen molar-refractivity contribution in [1.29, 1.82) is 0 Å². The van der Waals surface area contributed by atoms with Gasteiger partial charge in [0.15, 0.2) is 5.96 Å². The number of benzene rings is 1. The van der Waals surface area contributed by atoms with E-state index in [2.05, 4.69) is 15.6 Å². The summed E-state index contributed by atoms with van der Waals surface area (Å²) in [6.45, 7) is 6.68. The number of likely N-dealkylation sites (N-methyl/N-ethyl adjacent to an activating group) is 1. The van der Waals surface area contributed by atoms with E-state index in [1.54, 1.807) is 12.1 Å². The molecule has 1 aromatic rings. The van der Waals surface area contributed by atoms with E-state index in [9.17, 15) is 4.79 Å². The number of ether oxygens (including phenoxy) is 1. The molecule has 0 radical (unpaired) electrons. The van der Waals surface area contributed by atoms with Gasteiger partial charge in [-0.15, -0.1) is 24.0 Å². The van der Waals surface area contributed by atoms with E-state index in [1.165, 1.54) is 0 Å². The van der Waals surface area contributed by atoms with Gasteiger partial charge in [-0.3, -0.25) is 4.79 Å². The number of aliphatic imine (C=N–C) groups is 1. The second-order valence-corrected chi connectivity index (χ2v) is 5.68. The molecule has 1 aromatic carbocycles.